The molecule has 13 heavy (non-hydrogen) atoms. The molecule has 1 N–H and O–H groups in total. The number of rotatable bonds is 4. The normalized spacial score (nSPS) is 12.0. The highest BCUT2D eigenvalue weighted by Gasteiger charge is 2.05. The summed E-state index contributed by atoms with van der Waals surface area (Å²) in [6, 6.07) is 12.7. The molecule has 2 heteroatoms. The maximum Gasteiger partial charge on any atom is 0.0638 e. The molecule has 0 aliphatic heterocycles. The zero-order valence-corrected chi connectivity index (χ0v) is 7.83. The van der Waals surface area contributed by atoms with E-state index >= 15 is 0 Å². The van der Waals surface area contributed by atoms with Crippen molar-refractivity contribution in [3.8, 4) is 6.07 Å². The Labute approximate surface area is 79.2 Å². The Morgan fingerprint density at radius 3 is 2.62 bits per heavy atom. The number of nitriles is 1. The van der Waals surface area contributed by atoms with Crippen LogP contribution in [0.1, 0.15) is 12.0 Å². The summed E-state index contributed by atoms with van der Waals surface area (Å²) >= 11 is 0. The number of nitrogens with zero attached hydrogens (tertiary/aromatic N) is 1. The summed E-state index contributed by atoms with van der Waals surface area (Å²) in [7, 11) is 1.89. The molecular formula is C11H14N2. The molecule has 0 aromatic heterocycles. The van der Waals surface area contributed by atoms with Gasteiger partial charge in [0.1, 0.15) is 0 Å². The Morgan fingerprint density at radius 1 is 1.38 bits per heavy atom. The molecule has 0 saturated carbocycles. The van der Waals surface area contributed by atoms with Gasteiger partial charge in [0.05, 0.1) is 12.5 Å². The Kier molecular flexibility index (Phi) is 4.01. The van der Waals surface area contributed by atoms with Gasteiger partial charge in [-0.2, -0.15) is 5.26 Å². The van der Waals surface area contributed by atoms with Gasteiger partial charge in [-0.3, -0.25) is 0 Å². The summed E-state index contributed by atoms with van der Waals surface area (Å²) in [5.41, 5.74) is 1.28. The number of hydrogen-bond donors (Lipinski definition) is 1. The highest BCUT2D eigenvalue weighted by molar-refractivity contribution is 5.16. The van der Waals surface area contributed by atoms with E-state index in [0.29, 0.717) is 6.42 Å². The Hall–Kier alpha value is -1.33. The van der Waals surface area contributed by atoms with Crippen molar-refractivity contribution < 1.29 is 0 Å². The maximum atomic E-state index is 8.56. The lowest BCUT2D eigenvalue weighted by Crippen LogP contribution is -2.26. The van der Waals surface area contributed by atoms with Crippen LogP contribution in [0.4, 0.5) is 0 Å². The monoisotopic (exact) mass is 174 g/mol. The summed E-state index contributed by atoms with van der Waals surface area (Å²) in [6.07, 6.45) is 1.48. The van der Waals surface area contributed by atoms with Crippen LogP contribution in [0, 0.1) is 11.3 Å². The van der Waals surface area contributed by atoms with E-state index in [1.165, 1.54) is 5.56 Å². The smallest absolute Gasteiger partial charge is 0.0638 e. The third-order valence-corrected chi connectivity index (χ3v) is 2.07. The van der Waals surface area contributed by atoms with Crippen molar-refractivity contribution in [2.24, 2.45) is 0 Å². The van der Waals surface area contributed by atoms with Crippen LogP contribution in [0.5, 0.6) is 0 Å². The summed E-state index contributed by atoms with van der Waals surface area (Å²) in [5, 5.41) is 11.7. The predicted octanol–water partition coefficient (Wildman–Crippen LogP) is 1.73. The zero-order chi connectivity index (χ0) is 9.52. The van der Waals surface area contributed by atoms with E-state index in [2.05, 4.69) is 23.5 Å². The van der Waals surface area contributed by atoms with E-state index in [9.17, 15) is 0 Å². The van der Waals surface area contributed by atoms with Crippen LogP contribution >= 0.6 is 0 Å². The number of benzene rings is 1. The van der Waals surface area contributed by atoms with Gasteiger partial charge in [0.15, 0.2) is 0 Å². The van der Waals surface area contributed by atoms with E-state index in [4.69, 9.17) is 5.26 Å². The van der Waals surface area contributed by atoms with Crippen molar-refractivity contribution in [2.45, 2.75) is 18.9 Å². The lowest BCUT2D eigenvalue weighted by molar-refractivity contribution is 0.570. The second kappa shape index (κ2) is 5.34. The summed E-state index contributed by atoms with van der Waals surface area (Å²) < 4.78 is 0. The molecule has 1 atom stereocenters. The van der Waals surface area contributed by atoms with E-state index in [1.54, 1.807) is 0 Å². The third kappa shape index (κ3) is 3.27. The van der Waals surface area contributed by atoms with Crippen LogP contribution in [-0.2, 0) is 6.42 Å². The van der Waals surface area contributed by atoms with Gasteiger partial charge >= 0.3 is 0 Å². The van der Waals surface area contributed by atoms with Crippen molar-refractivity contribution >= 4 is 0 Å². The average molecular weight is 174 g/mol. The molecule has 0 aliphatic carbocycles. The second-order valence-electron chi connectivity index (χ2n) is 3.04. The van der Waals surface area contributed by atoms with Crippen molar-refractivity contribution in [1.82, 2.24) is 5.32 Å². The number of hydrogen-bond acceptors (Lipinski definition) is 2. The molecule has 1 aromatic rings. The average Bonchev–Trinajstić information content (AvgIpc) is 2.19. The highest BCUT2D eigenvalue weighted by atomic mass is 14.9. The SMILES string of the molecule is CNC(CC#N)Cc1ccccc1. The van der Waals surface area contributed by atoms with Gasteiger partial charge in [-0.15, -0.1) is 0 Å². The molecule has 2 nitrogen and oxygen atoms in total. The summed E-state index contributed by atoms with van der Waals surface area (Å²) in [4.78, 5) is 0. The Bertz CT molecular complexity index is 274. The molecule has 0 saturated heterocycles. The van der Waals surface area contributed by atoms with E-state index in [0.717, 1.165) is 6.42 Å². The third-order valence-electron chi connectivity index (χ3n) is 2.07. The molecule has 0 amide bonds. The van der Waals surface area contributed by atoms with Gasteiger partial charge in [0, 0.05) is 6.04 Å². The first-order valence-corrected chi connectivity index (χ1v) is 4.45. The molecule has 1 rings (SSSR count). The predicted molar refractivity (Wildman–Crippen MR) is 53.2 cm³/mol. The Balaban J connectivity index is 2.53. The van der Waals surface area contributed by atoms with Crippen molar-refractivity contribution in [3.63, 3.8) is 0 Å². The lowest BCUT2D eigenvalue weighted by atomic mass is 10.0. The van der Waals surface area contributed by atoms with Crippen LogP contribution < -0.4 is 5.32 Å². The first-order valence-electron chi connectivity index (χ1n) is 4.45. The van der Waals surface area contributed by atoms with Gasteiger partial charge in [-0.05, 0) is 19.0 Å². The van der Waals surface area contributed by atoms with Crippen LogP contribution in [0.2, 0.25) is 0 Å². The van der Waals surface area contributed by atoms with E-state index in [1.807, 2.05) is 25.2 Å². The van der Waals surface area contributed by atoms with Crippen LogP contribution in [0.25, 0.3) is 0 Å². The van der Waals surface area contributed by atoms with Crippen LogP contribution in [-0.4, -0.2) is 13.1 Å². The standard InChI is InChI=1S/C11H14N2/c1-13-11(7-8-12)9-10-5-3-2-4-6-10/h2-6,11,13H,7,9H2,1H3. The molecular weight excluding hydrogens is 160 g/mol. The fraction of sp³-hybridized carbons (Fsp3) is 0.364. The molecule has 0 spiro atoms. The van der Waals surface area contributed by atoms with E-state index < -0.39 is 0 Å². The minimum atomic E-state index is 0.271. The maximum absolute atomic E-state index is 8.56. The molecule has 0 fully saturated rings. The van der Waals surface area contributed by atoms with Crippen LogP contribution in [0.15, 0.2) is 30.3 Å². The van der Waals surface area contributed by atoms with Gasteiger partial charge < -0.3 is 5.32 Å². The van der Waals surface area contributed by atoms with Crippen LogP contribution in [0.3, 0.4) is 0 Å². The largest absolute Gasteiger partial charge is 0.316 e. The molecule has 0 bridgehead atoms. The topological polar surface area (TPSA) is 35.8 Å². The first-order chi connectivity index (χ1) is 6.36. The van der Waals surface area contributed by atoms with Gasteiger partial charge in [-0.25, -0.2) is 0 Å². The highest BCUT2D eigenvalue weighted by Crippen LogP contribution is 2.04. The summed E-state index contributed by atoms with van der Waals surface area (Å²) in [6.45, 7) is 0. The minimum Gasteiger partial charge on any atom is -0.316 e. The molecule has 68 valence electrons. The van der Waals surface area contributed by atoms with Crippen molar-refractivity contribution in [1.29, 1.82) is 5.26 Å². The lowest BCUT2D eigenvalue weighted by Gasteiger charge is -2.11. The van der Waals surface area contributed by atoms with Crippen molar-refractivity contribution in [3.05, 3.63) is 35.9 Å². The van der Waals surface area contributed by atoms with Gasteiger partial charge in [0.25, 0.3) is 0 Å². The van der Waals surface area contributed by atoms with Gasteiger partial charge in [-0.1, -0.05) is 30.3 Å². The van der Waals surface area contributed by atoms with E-state index in [-0.39, 0.29) is 6.04 Å². The quantitative estimate of drug-likeness (QED) is 0.754. The first kappa shape index (κ1) is 9.76. The molecule has 0 heterocycles. The number of likely N-dealkylation sites (N-methyl/N-ethyl adjacent to an activating group) is 1. The molecule has 1 unspecified atom stereocenters. The molecule has 0 radical (unpaired) electrons. The fourth-order valence-corrected chi connectivity index (χ4v) is 1.29. The van der Waals surface area contributed by atoms with Gasteiger partial charge in [0.2, 0.25) is 0 Å². The Morgan fingerprint density at radius 2 is 2.08 bits per heavy atom. The second-order valence-corrected chi connectivity index (χ2v) is 3.04. The molecule has 1 aromatic carbocycles. The fourth-order valence-electron chi connectivity index (χ4n) is 1.29. The minimum absolute atomic E-state index is 0.271. The number of nitrogens with one attached hydrogen (secondary N) is 1. The zero-order valence-electron chi connectivity index (χ0n) is 7.83. The van der Waals surface area contributed by atoms with Crippen molar-refractivity contribution in [2.75, 3.05) is 7.05 Å². The molecule has 0 aliphatic rings. The summed E-state index contributed by atoms with van der Waals surface area (Å²) in [5.74, 6) is 0.